The highest BCUT2D eigenvalue weighted by atomic mass is 32.2. The third-order valence-corrected chi connectivity index (χ3v) is 6.80. The summed E-state index contributed by atoms with van der Waals surface area (Å²) in [5.74, 6) is -0.500. The van der Waals surface area contributed by atoms with Crippen molar-refractivity contribution in [3.63, 3.8) is 0 Å². The van der Waals surface area contributed by atoms with Crippen LogP contribution in [0.25, 0.3) is 0 Å². The largest absolute Gasteiger partial charge is 0.484 e. The Bertz CT molecular complexity index is 1140. The molecule has 1 amide bonds. The molecule has 1 aliphatic rings. The third-order valence-electron chi connectivity index (χ3n) is 5.41. The van der Waals surface area contributed by atoms with E-state index < -0.39 is 21.8 Å². The molecule has 0 atom stereocenters. The maximum atomic E-state index is 12.9. The zero-order chi connectivity index (χ0) is 25.6. The van der Waals surface area contributed by atoms with Gasteiger partial charge < -0.3 is 14.4 Å². The zero-order valence-corrected chi connectivity index (χ0v) is 19.7. The van der Waals surface area contributed by atoms with Crippen molar-refractivity contribution in [2.75, 3.05) is 31.0 Å². The standard InChI is InChI=1S/C23H25F3N2O6S/c1-2-33-22(30)16-10-12-28(13-11-16)21(29)15-34-19-6-8-20(9-7-19)35(31,32)27-18-5-3-4-17(14-18)23(24,25)26/h3-9,14,16,27H,2,10-13,15H2,1H3. The number of nitrogens with one attached hydrogen (secondary N) is 1. The van der Waals surface area contributed by atoms with Gasteiger partial charge in [-0.25, -0.2) is 8.42 Å². The Morgan fingerprint density at radius 1 is 1.09 bits per heavy atom. The normalized spacial score (nSPS) is 14.9. The Balaban J connectivity index is 1.53. The van der Waals surface area contributed by atoms with Crippen LogP contribution in [0, 0.1) is 5.92 Å². The van der Waals surface area contributed by atoms with Crippen LogP contribution in [0.3, 0.4) is 0 Å². The number of alkyl halides is 3. The first-order valence-electron chi connectivity index (χ1n) is 10.9. The van der Waals surface area contributed by atoms with Gasteiger partial charge in [0.1, 0.15) is 5.75 Å². The topological polar surface area (TPSA) is 102 Å². The van der Waals surface area contributed by atoms with Crippen LogP contribution in [0.4, 0.5) is 18.9 Å². The Morgan fingerprint density at radius 3 is 2.34 bits per heavy atom. The number of rotatable bonds is 8. The number of anilines is 1. The molecular weight excluding hydrogens is 489 g/mol. The fraction of sp³-hybridized carbons (Fsp3) is 0.391. The van der Waals surface area contributed by atoms with Crippen molar-refractivity contribution in [2.45, 2.75) is 30.8 Å². The summed E-state index contributed by atoms with van der Waals surface area (Å²) in [5, 5.41) is 0. The average Bonchev–Trinajstić information content (AvgIpc) is 2.82. The molecule has 3 rings (SSSR count). The van der Waals surface area contributed by atoms with Gasteiger partial charge >= 0.3 is 12.1 Å². The van der Waals surface area contributed by atoms with Gasteiger partial charge in [-0.05, 0) is 62.2 Å². The van der Waals surface area contributed by atoms with Crippen LogP contribution in [0.2, 0.25) is 0 Å². The van der Waals surface area contributed by atoms with Crippen molar-refractivity contribution in [1.82, 2.24) is 4.90 Å². The molecule has 0 aliphatic carbocycles. The SMILES string of the molecule is CCOC(=O)C1CCN(C(=O)COc2ccc(S(=O)(=O)Nc3cccc(C(F)(F)F)c3)cc2)CC1. The number of likely N-dealkylation sites (tertiary alicyclic amines) is 1. The van der Waals surface area contributed by atoms with E-state index in [-0.39, 0.29) is 40.7 Å². The Hall–Kier alpha value is -3.28. The van der Waals surface area contributed by atoms with Crippen molar-refractivity contribution >= 4 is 27.6 Å². The number of esters is 1. The Labute approximate surface area is 201 Å². The van der Waals surface area contributed by atoms with Crippen LogP contribution in [0.5, 0.6) is 5.75 Å². The van der Waals surface area contributed by atoms with Gasteiger partial charge in [-0.1, -0.05) is 6.07 Å². The van der Waals surface area contributed by atoms with E-state index in [1.165, 1.54) is 30.3 Å². The summed E-state index contributed by atoms with van der Waals surface area (Å²) in [6, 6.07) is 9.01. The van der Waals surface area contributed by atoms with Crippen molar-refractivity contribution < 1.29 is 40.7 Å². The molecule has 2 aromatic rings. The number of ether oxygens (including phenoxy) is 2. The molecule has 0 radical (unpaired) electrons. The number of hydrogen-bond donors (Lipinski definition) is 1. The summed E-state index contributed by atoms with van der Waals surface area (Å²) in [7, 11) is -4.14. The summed E-state index contributed by atoms with van der Waals surface area (Å²) in [6.07, 6.45) is -3.58. The van der Waals surface area contributed by atoms with Gasteiger partial charge in [0.05, 0.1) is 23.0 Å². The lowest BCUT2D eigenvalue weighted by Gasteiger charge is -2.30. The quantitative estimate of drug-likeness (QED) is 0.540. The number of carbonyl (C=O) groups is 2. The van der Waals surface area contributed by atoms with E-state index in [1.807, 2.05) is 0 Å². The van der Waals surface area contributed by atoms with Gasteiger partial charge in [0.2, 0.25) is 0 Å². The van der Waals surface area contributed by atoms with E-state index >= 15 is 0 Å². The predicted octanol–water partition coefficient (Wildman–Crippen LogP) is 3.69. The molecule has 1 saturated heterocycles. The number of halogens is 3. The lowest BCUT2D eigenvalue weighted by Crippen LogP contribution is -2.42. The highest BCUT2D eigenvalue weighted by Gasteiger charge is 2.31. The molecule has 35 heavy (non-hydrogen) atoms. The molecule has 0 aromatic heterocycles. The number of nitrogens with zero attached hydrogens (tertiary/aromatic N) is 1. The van der Waals surface area contributed by atoms with Crippen LogP contribution in [0.1, 0.15) is 25.3 Å². The van der Waals surface area contributed by atoms with Crippen LogP contribution in [-0.2, 0) is 30.5 Å². The highest BCUT2D eigenvalue weighted by Crippen LogP contribution is 2.31. The van der Waals surface area contributed by atoms with Crippen molar-refractivity contribution in [1.29, 1.82) is 0 Å². The molecule has 8 nitrogen and oxygen atoms in total. The molecule has 0 bridgehead atoms. The monoisotopic (exact) mass is 514 g/mol. The van der Waals surface area contributed by atoms with Gasteiger partial charge in [0, 0.05) is 18.8 Å². The lowest BCUT2D eigenvalue weighted by molar-refractivity contribution is -0.151. The van der Waals surface area contributed by atoms with E-state index in [2.05, 4.69) is 4.72 Å². The molecule has 2 aromatic carbocycles. The molecule has 1 aliphatic heterocycles. The van der Waals surface area contributed by atoms with E-state index in [0.717, 1.165) is 12.1 Å². The molecule has 1 N–H and O–H groups in total. The minimum atomic E-state index is -4.60. The molecule has 0 saturated carbocycles. The van der Waals surface area contributed by atoms with Crippen molar-refractivity contribution in [2.24, 2.45) is 5.92 Å². The third kappa shape index (κ3) is 7.10. The first-order chi connectivity index (χ1) is 16.5. The van der Waals surface area contributed by atoms with Crippen LogP contribution in [0.15, 0.2) is 53.4 Å². The number of hydrogen-bond acceptors (Lipinski definition) is 6. The maximum absolute atomic E-state index is 12.9. The second-order valence-corrected chi connectivity index (χ2v) is 9.53. The molecule has 0 spiro atoms. The van der Waals surface area contributed by atoms with Gasteiger partial charge in [0.25, 0.3) is 15.9 Å². The first-order valence-corrected chi connectivity index (χ1v) is 12.4. The molecule has 1 heterocycles. The number of benzene rings is 2. The predicted molar refractivity (Wildman–Crippen MR) is 120 cm³/mol. The fourth-order valence-corrected chi connectivity index (χ4v) is 4.60. The highest BCUT2D eigenvalue weighted by molar-refractivity contribution is 7.92. The van der Waals surface area contributed by atoms with Crippen LogP contribution >= 0.6 is 0 Å². The zero-order valence-electron chi connectivity index (χ0n) is 18.9. The summed E-state index contributed by atoms with van der Waals surface area (Å²) >= 11 is 0. The molecule has 0 unspecified atom stereocenters. The molecule has 12 heteroatoms. The van der Waals surface area contributed by atoms with E-state index in [1.54, 1.807) is 11.8 Å². The Morgan fingerprint density at radius 2 is 1.74 bits per heavy atom. The summed E-state index contributed by atoms with van der Waals surface area (Å²) < 4.78 is 76.2. The van der Waals surface area contributed by atoms with Crippen molar-refractivity contribution in [3.8, 4) is 5.75 Å². The summed E-state index contributed by atoms with van der Waals surface area (Å²) in [4.78, 5) is 25.6. The molecular formula is C23H25F3N2O6S. The average molecular weight is 515 g/mol. The lowest BCUT2D eigenvalue weighted by atomic mass is 9.97. The number of carbonyl (C=O) groups excluding carboxylic acids is 2. The minimum absolute atomic E-state index is 0.186. The van der Waals surface area contributed by atoms with E-state index in [9.17, 15) is 31.2 Å². The van der Waals surface area contributed by atoms with E-state index in [0.29, 0.717) is 38.6 Å². The fourth-order valence-electron chi connectivity index (χ4n) is 3.55. The molecule has 1 fully saturated rings. The molecule has 190 valence electrons. The summed E-state index contributed by atoms with van der Waals surface area (Å²) in [5.41, 5.74) is -1.20. The second-order valence-electron chi connectivity index (χ2n) is 7.85. The Kier molecular flexibility index (Phi) is 8.26. The van der Waals surface area contributed by atoms with Gasteiger partial charge in [-0.2, -0.15) is 13.2 Å². The van der Waals surface area contributed by atoms with E-state index in [4.69, 9.17) is 9.47 Å². The number of amides is 1. The van der Waals surface area contributed by atoms with Crippen LogP contribution < -0.4 is 9.46 Å². The smallest absolute Gasteiger partial charge is 0.416 e. The summed E-state index contributed by atoms with van der Waals surface area (Å²) in [6.45, 7) is 2.60. The van der Waals surface area contributed by atoms with Gasteiger partial charge in [0.15, 0.2) is 6.61 Å². The number of sulfonamides is 1. The minimum Gasteiger partial charge on any atom is -0.484 e. The van der Waals surface area contributed by atoms with Crippen molar-refractivity contribution in [3.05, 3.63) is 54.1 Å². The van der Waals surface area contributed by atoms with Crippen LogP contribution in [-0.4, -0.2) is 51.5 Å². The first kappa shape index (κ1) is 26.3. The van der Waals surface area contributed by atoms with Gasteiger partial charge in [-0.3, -0.25) is 14.3 Å². The maximum Gasteiger partial charge on any atom is 0.416 e. The second kappa shape index (κ2) is 11.0. The van der Waals surface area contributed by atoms with Gasteiger partial charge in [-0.15, -0.1) is 0 Å². The number of piperidine rings is 1.